The lowest BCUT2D eigenvalue weighted by Gasteiger charge is -2.11. The van der Waals surface area contributed by atoms with Crippen LogP contribution in [0.1, 0.15) is 0 Å². The average Bonchev–Trinajstić information content (AvgIpc) is 2.80. The van der Waals surface area contributed by atoms with Crippen molar-refractivity contribution in [2.75, 3.05) is 17.7 Å². The van der Waals surface area contributed by atoms with Crippen molar-refractivity contribution in [1.82, 2.24) is 25.1 Å². The molecule has 10 heteroatoms. The van der Waals surface area contributed by atoms with Crippen LogP contribution in [0.2, 0.25) is 0 Å². The molecule has 1 aromatic carbocycles. The summed E-state index contributed by atoms with van der Waals surface area (Å²) in [6.07, 6.45) is 5.69. The number of halogens is 1. The van der Waals surface area contributed by atoms with Gasteiger partial charge >= 0.3 is 6.03 Å². The Morgan fingerprint density at radius 2 is 1.74 bits per heavy atom. The van der Waals surface area contributed by atoms with Crippen LogP contribution >= 0.6 is 0 Å². The zero-order valence-electron chi connectivity index (χ0n) is 16.3. The predicted molar refractivity (Wildman–Crippen MR) is 112 cm³/mol. The van der Waals surface area contributed by atoms with Gasteiger partial charge in [-0.15, -0.1) is 10.2 Å². The summed E-state index contributed by atoms with van der Waals surface area (Å²) in [7, 11) is 1.56. The van der Waals surface area contributed by atoms with Crippen LogP contribution in [0.3, 0.4) is 0 Å². The Bertz CT molecular complexity index is 1200. The minimum atomic E-state index is -0.568. The van der Waals surface area contributed by atoms with Crippen molar-refractivity contribution in [3.8, 4) is 28.3 Å². The van der Waals surface area contributed by atoms with E-state index in [0.29, 0.717) is 22.7 Å². The molecule has 2 N–H and O–H groups in total. The summed E-state index contributed by atoms with van der Waals surface area (Å²) in [5, 5.41) is 13.2. The summed E-state index contributed by atoms with van der Waals surface area (Å²) >= 11 is 0. The third-order valence-electron chi connectivity index (χ3n) is 4.22. The molecule has 0 saturated heterocycles. The van der Waals surface area contributed by atoms with E-state index >= 15 is 0 Å². The monoisotopic (exact) mass is 417 g/mol. The molecule has 0 saturated carbocycles. The highest BCUT2D eigenvalue weighted by Crippen LogP contribution is 2.29. The van der Waals surface area contributed by atoms with Gasteiger partial charge in [0.05, 0.1) is 13.3 Å². The van der Waals surface area contributed by atoms with Gasteiger partial charge in [0, 0.05) is 35.4 Å². The highest BCUT2D eigenvalue weighted by molar-refractivity contribution is 5.98. The minimum Gasteiger partial charge on any atom is -0.497 e. The van der Waals surface area contributed by atoms with Gasteiger partial charge in [-0.25, -0.2) is 14.2 Å². The summed E-state index contributed by atoms with van der Waals surface area (Å²) in [6.45, 7) is 0. The van der Waals surface area contributed by atoms with E-state index in [1.807, 2.05) is 0 Å². The Balaban J connectivity index is 1.63. The van der Waals surface area contributed by atoms with Crippen LogP contribution in [0.4, 0.5) is 20.8 Å². The van der Waals surface area contributed by atoms with E-state index < -0.39 is 11.8 Å². The van der Waals surface area contributed by atoms with E-state index in [1.54, 1.807) is 55.9 Å². The van der Waals surface area contributed by atoms with Crippen molar-refractivity contribution < 1.29 is 13.9 Å². The van der Waals surface area contributed by atoms with E-state index in [0.717, 1.165) is 6.20 Å². The minimum absolute atomic E-state index is 0.0527. The number of ether oxygens (including phenoxy) is 1. The fourth-order valence-corrected chi connectivity index (χ4v) is 2.77. The number of benzene rings is 1. The molecule has 2 amide bonds. The van der Waals surface area contributed by atoms with E-state index in [4.69, 9.17) is 4.74 Å². The van der Waals surface area contributed by atoms with Crippen LogP contribution in [0, 0.1) is 5.82 Å². The summed E-state index contributed by atoms with van der Waals surface area (Å²) in [5.74, 6) is 0.0447. The maximum Gasteiger partial charge on any atom is 0.326 e. The van der Waals surface area contributed by atoms with Crippen molar-refractivity contribution >= 4 is 17.7 Å². The number of hydrogen-bond donors (Lipinski definition) is 2. The zero-order valence-corrected chi connectivity index (χ0v) is 16.3. The van der Waals surface area contributed by atoms with Crippen LogP contribution in [0.5, 0.6) is 5.75 Å². The Kier molecular flexibility index (Phi) is 5.70. The lowest BCUT2D eigenvalue weighted by Crippen LogP contribution is -2.21. The van der Waals surface area contributed by atoms with E-state index in [-0.39, 0.29) is 17.2 Å². The number of nitrogens with zero attached hydrogens (tertiary/aromatic N) is 5. The van der Waals surface area contributed by atoms with Gasteiger partial charge in [0.1, 0.15) is 17.1 Å². The third-order valence-corrected chi connectivity index (χ3v) is 4.22. The van der Waals surface area contributed by atoms with Crippen LogP contribution in [-0.4, -0.2) is 38.3 Å². The molecule has 0 spiro atoms. The van der Waals surface area contributed by atoms with Crippen LogP contribution in [0.15, 0.2) is 67.3 Å². The molecule has 0 fully saturated rings. The van der Waals surface area contributed by atoms with Crippen molar-refractivity contribution in [3.63, 3.8) is 0 Å². The number of pyridine rings is 2. The number of aromatic nitrogens is 5. The molecule has 154 valence electrons. The first kappa shape index (κ1) is 19.8. The van der Waals surface area contributed by atoms with Gasteiger partial charge in [-0.2, -0.15) is 0 Å². The molecule has 4 rings (SSSR count). The Morgan fingerprint density at radius 1 is 0.935 bits per heavy atom. The predicted octanol–water partition coefficient (Wildman–Crippen LogP) is 3.79. The SMILES string of the molecule is COc1ccc(NC(=O)Nc2nnc(-c3ccncc3F)c(-c3cccnc3)n2)cc1. The highest BCUT2D eigenvalue weighted by atomic mass is 19.1. The molecule has 31 heavy (non-hydrogen) atoms. The average molecular weight is 417 g/mol. The summed E-state index contributed by atoms with van der Waals surface area (Å²) < 4.78 is 19.4. The molecule has 3 heterocycles. The molecule has 4 aromatic rings. The Hall–Kier alpha value is -4.47. The first-order valence-electron chi connectivity index (χ1n) is 9.11. The number of rotatable bonds is 5. The topological polar surface area (TPSA) is 115 Å². The van der Waals surface area contributed by atoms with Gasteiger partial charge in [0.15, 0.2) is 5.82 Å². The normalized spacial score (nSPS) is 10.4. The van der Waals surface area contributed by atoms with Crippen LogP contribution in [0.25, 0.3) is 22.5 Å². The fraction of sp³-hybridized carbons (Fsp3) is 0.0476. The molecular weight excluding hydrogens is 401 g/mol. The fourth-order valence-electron chi connectivity index (χ4n) is 2.77. The molecule has 0 unspecified atom stereocenters. The molecule has 0 aliphatic heterocycles. The number of carbonyl (C=O) groups is 1. The summed E-state index contributed by atoms with van der Waals surface area (Å²) in [5.41, 5.74) is 1.83. The largest absolute Gasteiger partial charge is 0.497 e. The second kappa shape index (κ2) is 8.91. The standard InChI is InChI=1S/C21H16FN7O2/c1-31-15-6-4-14(5-7-15)25-21(30)27-20-26-18(13-3-2-9-23-11-13)19(28-29-20)16-8-10-24-12-17(16)22/h2-12H,1H3,(H2,25,26,27,29,30). The summed E-state index contributed by atoms with van der Waals surface area (Å²) in [6, 6.07) is 11.2. The number of nitrogens with one attached hydrogen (secondary N) is 2. The maximum atomic E-state index is 14.3. The molecule has 0 aliphatic carbocycles. The molecule has 9 nitrogen and oxygen atoms in total. The van der Waals surface area contributed by atoms with Crippen molar-refractivity contribution in [2.45, 2.75) is 0 Å². The lowest BCUT2D eigenvalue weighted by atomic mass is 10.1. The molecule has 0 radical (unpaired) electrons. The third kappa shape index (κ3) is 4.58. The van der Waals surface area contributed by atoms with Gasteiger partial charge in [-0.3, -0.25) is 15.3 Å². The molecular formula is C21H16FN7O2. The van der Waals surface area contributed by atoms with Crippen molar-refractivity contribution in [3.05, 3.63) is 73.1 Å². The first-order valence-corrected chi connectivity index (χ1v) is 9.11. The van der Waals surface area contributed by atoms with Gasteiger partial charge in [0.25, 0.3) is 5.95 Å². The molecule has 3 aromatic heterocycles. The number of hydrogen-bond acceptors (Lipinski definition) is 7. The number of carbonyl (C=O) groups excluding carboxylic acids is 1. The highest BCUT2D eigenvalue weighted by Gasteiger charge is 2.18. The first-order chi connectivity index (χ1) is 15.1. The smallest absolute Gasteiger partial charge is 0.326 e. The maximum absolute atomic E-state index is 14.3. The number of urea groups is 1. The number of methoxy groups -OCH3 is 1. The summed E-state index contributed by atoms with van der Waals surface area (Å²) in [4.78, 5) is 24.6. The van der Waals surface area contributed by atoms with E-state index in [1.165, 1.54) is 12.3 Å². The van der Waals surface area contributed by atoms with Crippen LogP contribution < -0.4 is 15.4 Å². The molecule has 0 bridgehead atoms. The quantitative estimate of drug-likeness (QED) is 0.508. The van der Waals surface area contributed by atoms with E-state index in [9.17, 15) is 9.18 Å². The second-order valence-corrected chi connectivity index (χ2v) is 6.24. The van der Waals surface area contributed by atoms with Gasteiger partial charge in [0.2, 0.25) is 0 Å². The lowest BCUT2D eigenvalue weighted by molar-refractivity contribution is 0.262. The van der Waals surface area contributed by atoms with Crippen molar-refractivity contribution in [2.24, 2.45) is 0 Å². The second-order valence-electron chi connectivity index (χ2n) is 6.24. The van der Waals surface area contributed by atoms with E-state index in [2.05, 4.69) is 35.8 Å². The Labute approximate surface area is 176 Å². The van der Waals surface area contributed by atoms with Gasteiger partial charge in [-0.1, -0.05) is 0 Å². The van der Waals surface area contributed by atoms with Gasteiger partial charge < -0.3 is 10.1 Å². The van der Waals surface area contributed by atoms with Crippen molar-refractivity contribution in [1.29, 1.82) is 0 Å². The van der Waals surface area contributed by atoms with Gasteiger partial charge in [-0.05, 0) is 42.5 Å². The molecule has 0 atom stereocenters. The number of anilines is 2. The zero-order chi connectivity index (χ0) is 21.6. The Morgan fingerprint density at radius 3 is 2.45 bits per heavy atom. The number of amides is 2. The molecule has 0 aliphatic rings. The van der Waals surface area contributed by atoms with Crippen LogP contribution in [-0.2, 0) is 0 Å².